The van der Waals surface area contributed by atoms with Crippen LogP contribution in [0.25, 0.3) is 0 Å². The average Bonchev–Trinajstić information content (AvgIpc) is 2.97. The van der Waals surface area contributed by atoms with Crippen LogP contribution in [0.4, 0.5) is 15.8 Å². The van der Waals surface area contributed by atoms with Gasteiger partial charge in [0, 0.05) is 19.2 Å². The van der Waals surface area contributed by atoms with E-state index in [-0.39, 0.29) is 24.1 Å². The molecule has 3 rings (SSSR count). The number of anilines is 1. The summed E-state index contributed by atoms with van der Waals surface area (Å²) in [6.07, 6.45) is 0.955. The van der Waals surface area contributed by atoms with Gasteiger partial charge in [0.25, 0.3) is 0 Å². The second kappa shape index (κ2) is 9.56. The number of carbonyl (C=O) groups is 2. The van der Waals surface area contributed by atoms with Gasteiger partial charge in [-0.15, -0.1) is 0 Å². The summed E-state index contributed by atoms with van der Waals surface area (Å²) >= 11 is 1.23. The van der Waals surface area contributed by atoms with Gasteiger partial charge in [0.1, 0.15) is 16.8 Å². The number of nitrogens with zero attached hydrogens (tertiary/aromatic N) is 2. The molecule has 2 aromatic rings. The highest BCUT2D eigenvalue weighted by molar-refractivity contribution is 8.15. The fourth-order valence-corrected chi connectivity index (χ4v) is 3.81. The van der Waals surface area contributed by atoms with Crippen molar-refractivity contribution >= 4 is 40.1 Å². The van der Waals surface area contributed by atoms with Gasteiger partial charge in [-0.25, -0.2) is 9.38 Å². The van der Waals surface area contributed by atoms with Crippen LogP contribution in [0.15, 0.2) is 53.5 Å². The van der Waals surface area contributed by atoms with Crippen LogP contribution in [0.1, 0.15) is 19.8 Å². The number of carbonyl (C=O) groups excluding carboxylic acids is 2. The molecule has 1 aliphatic rings. The molecule has 0 spiro atoms. The molecule has 152 valence electrons. The van der Waals surface area contributed by atoms with Crippen LogP contribution in [0, 0.1) is 5.82 Å². The third-order valence-electron chi connectivity index (χ3n) is 4.17. The van der Waals surface area contributed by atoms with Crippen LogP contribution < -0.4 is 10.1 Å². The number of hydrogen-bond acceptors (Lipinski definition) is 5. The largest absolute Gasteiger partial charge is 0.494 e. The smallest absolute Gasteiger partial charge is 0.242 e. The molecule has 0 aliphatic carbocycles. The van der Waals surface area contributed by atoms with Gasteiger partial charge in [-0.1, -0.05) is 18.7 Å². The van der Waals surface area contributed by atoms with Crippen molar-refractivity contribution in [1.29, 1.82) is 0 Å². The van der Waals surface area contributed by atoms with E-state index in [4.69, 9.17) is 4.74 Å². The number of thioether (sulfide) groups is 1. The van der Waals surface area contributed by atoms with Gasteiger partial charge >= 0.3 is 0 Å². The van der Waals surface area contributed by atoms with Crippen molar-refractivity contribution < 1.29 is 18.7 Å². The second-order valence-electron chi connectivity index (χ2n) is 6.50. The standard InChI is InChI=1S/C21H22FN3O3S/c1-3-12-28-17-10-8-15(9-11-17)23-19(26)13-18-20(27)25(2)21(29-18)24-16-6-4-14(22)5-7-16/h4-11,18H,3,12-13H2,1-2H3,(H,23,26). The molecule has 1 fully saturated rings. The number of benzene rings is 2. The molecule has 1 unspecified atom stereocenters. The minimum atomic E-state index is -0.550. The molecule has 8 heteroatoms. The Morgan fingerprint density at radius 3 is 2.55 bits per heavy atom. The second-order valence-corrected chi connectivity index (χ2v) is 7.67. The van der Waals surface area contributed by atoms with E-state index in [9.17, 15) is 14.0 Å². The number of ether oxygens (including phenoxy) is 1. The van der Waals surface area contributed by atoms with E-state index in [0.29, 0.717) is 23.1 Å². The first-order valence-corrected chi connectivity index (χ1v) is 10.2. The molecular weight excluding hydrogens is 393 g/mol. The summed E-state index contributed by atoms with van der Waals surface area (Å²) in [7, 11) is 1.62. The molecular formula is C21H22FN3O3S. The van der Waals surface area contributed by atoms with Crippen LogP contribution in [0.2, 0.25) is 0 Å². The summed E-state index contributed by atoms with van der Waals surface area (Å²) < 4.78 is 18.5. The number of rotatable bonds is 7. The Kier molecular flexibility index (Phi) is 6.87. The molecule has 0 bridgehead atoms. The zero-order valence-corrected chi connectivity index (χ0v) is 17.0. The minimum absolute atomic E-state index is 0.0321. The van der Waals surface area contributed by atoms with Crippen molar-refractivity contribution in [3.8, 4) is 5.75 Å². The van der Waals surface area contributed by atoms with Crippen LogP contribution in [-0.2, 0) is 9.59 Å². The number of amides is 2. The first-order chi connectivity index (χ1) is 14.0. The molecule has 2 amide bonds. The normalized spacial score (nSPS) is 17.6. The molecule has 1 N–H and O–H groups in total. The molecule has 1 aliphatic heterocycles. The van der Waals surface area contributed by atoms with Gasteiger partial charge in [0.2, 0.25) is 11.8 Å². The van der Waals surface area contributed by atoms with E-state index < -0.39 is 5.25 Å². The highest BCUT2D eigenvalue weighted by atomic mass is 32.2. The number of amidine groups is 1. The van der Waals surface area contributed by atoms with E-state index in [1.165, 1.54) is 40.9 Å². The summed E-state index contributed by atoms with van der Waals surface area (Å²) in [6.45, 7) is 2.67. The Balaban J connectivity index is 1.58. The third-order valence-corrected chi connectivity index (χ3v) is 5.40. The lowest BCUT2D eigenvalue weighted by molar-refractivity contribution is -0.127. The summed E-state index contributed by atoms with van der Waals surface area (Å²) in [5, 5.41) is 2.73. The van der Waals surface area contributed by atoms with Crippen molar-refractivity contribution in [1.82, 2.24) is 4.90 Å². The fourth-order valence-electron chi connectivity index (χ4n) is 2.66. The maximum absolute atomic E-state index is 13.0. The van der Waals surface area contributed by atoms with E-state index in [0.717, 1.165) is 12.2 Å². The average molecular weight is 415 g/mol. The summed E-state index contributed by atoms with van der Waals surface area (Å²) in [5.74, 6) is -0.0459. The third kappa shape index (κ3) is 5.57. The Morgan fingerprint density at radius 2 is 1.90 bits per heavy atom. The van der Waals surface area contributed by atoms with Crippen molar-refractivity contribution in [3.05, 3.63) is 54.3 Å². The van der Waals surface area contributed by atoms with E-state index in [2.05, 4.69) is 10.3 Å². The molecule has 0 aromatic heterocycles. The molecule has 2 aromatic carbocycles. The first-order valence-electron chi connectivity index (χ1n) is 9.27. The lowest BCUT2D eigenvalue weighted by atomic mass is 10.2. The highest BCUT2D eigenvalue weighted by Crippen LogP contribution is 2.31. The van der Waals surface area contributed by atoms with Gasteiger partial charge in [-0.2, -0.15) is 0 Å². The topological polar surface area (TPSA) is 71.0 Å². The summed E-state index contributed by atoms with van der Waals surface area (Å²) in [4.78, 5) is 30.6. The fraction of sp³-hybridized carbons (Fsp3) is 0.286. The molecule has 0 saturated carbocycles. The predicted molar refractivity (Wildman–Crippen MR) is 113 cm³/mol. The van der Waals surface area contributed by atoms with Crippen molar-refractivity contribution in [2.24, 2.45) is 4.99 Å². The minimum Gasteiger partial charge on any atom is -0.494 e. The maximum Gasteiger partial charge on any atom is 0.242 e. The zero-order chi connectivity index (χ0) is 20.8. The van der Waals surface area contributed by atoms with E-state index in [1.807, 2.05) is 6.92 Å². The SMILES string of the molecule is CCCOc1ccc(NC(=O)CC2SC(=Nc3ccc(F)cc3)N(C)C2=O)cc1. The predicted octanol–water partition coefficient (Wildman–Crippen LogP) is 4.20. The molecule has 1 heterocycles. The number of halogens is 1. The summed E-state index contributed by atoms with van der Waals surface area (Å²) in [5.41, 5.74) is 1.19. The number of nitrogens with one attached hydrogen (secondary N) is 1. The lowest BCUT2D eigenvalue weighted by Gasteiger charge is -2.10. The van der Waals surface area contributed by atoms with Crippen molar-refractivity contribution in [2.45, 2.75) is 25.0 Å². The Labute approximate surface area is 173 Å². The Morgan fingerprint density at radius 1 is 1.21 bits per heavy atom. The monoisotopic (exact) mass is 415 g/mol. The van der Waals surface area contributed by atoms with Gasteiger partial charge < -0.3 is 10.1 Å². The van der Waals surface area contributed by atoms with Crippen molar-refractivity contribution in [3.63, 3.8) is 0 Å². The van der Waals surface area contributed by atoms with Crippen LogP contribution in [0.5, 0.6) is 5.75 Å². The zero-order valence-electron chi connectivity index (χ0n) is 16.2. The first kappa shape index (κ1) is 20.9. The Hall–Kier alpha value is -2.87. The number of hydrogen-bond donors (Lipinski definition) is 1. The molecule has 6 nitrogen and oxygen atoms in total. The van der Waals surface area contributed by atoms with Gasteiger partial charge in [-0.05, 0) is 55.0 Å². The van der Waals surface area contributed by atoms with Crippen LogP contribution >= 0.6 is 11.8 Å². The maximum atomic E-state index is 13.0. The quantitative estimate of drug-likeness (QED) is 0.736. The molecule has 1 atom stereocenters. The summed E-state index contributed by atoms with van der Waals surface area (Å²) in [6, 6.07) is 12.8. The molecule has 29 heavy (non-hydrogen) atoms. The van der Waals surface area contributed by atoms with E-state index >= 15 is 0 Å². The lowest BCUT2D eigenvalue weighted by Crippen LogP contribution is -2.30. The van der Waals surface area contributed by atoms with Gasteiger partial charge in [0.15, 0.2) is 5.17 Å². The number of aliphatic imine (C=N–C) groups is 1. The van der Waals surface area contributed by atoms with E-state index in [1.54, 1.807) is 31.3 Å². The Bertz CT molecular complexity index is 900. The molecule has 0 radical (unpaired) electrons. The molecule has 1 saturated heterocycles. The van der Waals surface area contributed by atoms with Crippen LogP contribution in [-0.4, -0.2) is 40.8 Å². The van der Waals surface area contributed by atoms with Gasteiger partial charge in [-0.3, -0.25) is 14.5 Å². The van der Waals surface area contributed by atoms with Crippen molar-refractivity contribution in [2.75, 3.05) is 19.0 Å². The van der Waals surface area contributed by atoms with Crippen LogP contribution in [0.3, 0.4) is 0 Å². The van der Waals surface area contributed by atoms with Gasteiger partial charge in [0.05, 0.1) is 12.3 Å². The highest BCUT2D eigenvalue weighted by Gasteiger charge is 2.37.